The van der Waals surface area contributed by atoms with E-state index in [4.69, 9.17) is 11.6 Å². The van der Waals surface area contributed by atoms with Gasteiger partial charge in [0.15, 0.2) is 5.78 Å². The van der Waals surface area contributed by atoms with Crippen LogP contribution in [0.1, 0.15) is 37.0 Å². The van der Waals surface area contributed by atoms with Crippen LogP contribution < -0.4 is 10.2 Å². The number of ketones is 1. The van der Waals surface area contributed by atoms with Crippen LogP contribution >= 0.6 is 11.6 Å². The second-order valence-electron chi connectivity index (χ2n) is 9.06. The Labute approximate surface area is 197 Å². The van der Waals surface area contributed by atoms with Crippen molar-refractivity contribution in [2.75, 3.05) is 4.90 Å². The smallest absolute Gasteiger partial charge is 0.326 e. The van der Waals surface area contributed by atoms with E-state index in [2.05, 4.69) is 0 Å². The predicted molar refractivity (Wildman–Crippen MR) is 117 cm³/mol. The summed E-state index contributed by atoms with van der Waals surface area (Å²) in [6, 6.07) is 9.92. The van der Waals surface area contributed by atoms with E-state index < -0.39 is 51.7 Å². The number of rotatable bonds is 3. The van der Waals surface area contributed by atoms with Gasteiger partial charge in [0.25, 0.3) is 11.8 Å². The SMILES string of the molecule is CC1(C)CC(=O)C2=C(C1)N(c1ccc(Cl)cc1)C(=O)C2(NC(=O)c1ccccc1F)C(F)(F)F. The number of halogens is 5. The van der Waals surface area contributed by atoms with Crippen LogP contribution in [0.2, 0.25) is 5.02 Å². The summed E-state index contributed by atoms with van der Waals surface area (Å²) in [4.78, 5) is 40.4. The van der Waals surface area contributed by atoms with Crippen molar-refractivity contribution in [3.05, 3.63) is 76.2 Å². The van der Waals surface area contributed by atoms with Crippen molar-refractivity contribution in [3.8, 4) is 0 Å². The number of anilines is 1. The largest absolute Gasteiger partial charge is 0.425 e. The fourth-order valence-electron chi connectivity index (χ4n) is 4.50. The molecule has 1 atom stereocenters. The first-order valence-corrected chi connectivity index (χ1v) is 10.7. The minimum atomic E-state index is -5.40. The second kappa shape index (κ2) is 7.94. The first-order chi connectivity index (χ1) is 15.8. The molecule has 0 spiro atoms. The van der Waals surface area contributed by atoms with E-state index in [-0.39, 0.29) is 24.2 Å². The Bertz CT molecular complexity index is 1240. The highest BCUT2D eigenvalue weighted by Crippen LogP contribution is 2.52. The van der Waals surface area contributed by atoms with Gasteiger partial charge in [0.1, 0.15) is 5.82 Å². The average Bonchev–Trinajstić information content (AvgIpc) is 2.96. The van der Waals surface area contributed by atoms with E-state index >= 15 is 0 Å². The molecule has 2 amide bonds. The fraction of sp³-hybridized carbons (Fsp3) is 0.292. The van der Waals surface area contributed by atoms with Gasteiger partial charge < -0.3 is 5.32 Å². The molecule has 4 rings (SSSR count). The molecule has 2 aromatic carbocycles. The molecular formula is C24H19ClF4N2O3. The van der Waals surface area contributed by atoms with Crippen molar-refractivity contribution in [1.82, 2.24) is 5.32 Å². The quantitative estimate of drug-likeness (QED) is 0.596. The molecule has 0 radical (unpaired) electrons. The Hall–Kier alpha value is -3.20. The summed E-state index contributed by atoms with van der Waals surface area (Å²) in [6.07, 6.45) is -5.69. The summed E-state index contributed by atoms with van der Waals surface area (Å²) in [6.45, 7) is 3.40. The Morgan fingerprint density at radius 3 is 2.24 bits per heavy atom. The molecule has 0 aromatic heterocycles. The number of nitrogens with zero attached hydrogens (tertiary/aromatic N) is 1. The van der Waals surface area contributed by atoms with Crippen LogP contribution in [-0.2, 0) is 9.59 Å². The standard InChI is InChI=1S/C24H19ClF4N2O3/c1-22(2)11-17-19(18(32)12-22)23(24(27,28)29,30-20(33)15-5-3-4-6-16(15)26)21(34)31(17)14-9-7-13(25)8-10-14/h3-10H,11-12H2,1-2H3,(H,30,33). The Kier molecular flexibility index (Phi) is 5.59. The normalized spacial score (nSPS) is 22.1. The van der Waals surface area contributed by atoms with Gasteiger partial charge in [0.05, 0.1) is 11.1 Å². The third-order valence-corrected chi connectivity index (χ3v) is 6.20. The lowest BCUT2D eigenvalue weighted by Crippen LogP contribution is -2.66. The lowest BCUT2D eigenvalue weighted by atomic mass is 9.72. The van der Waals surface area contributed by atoms with Crippen LogP contribution in [0.25, 0.3) is 0 Å². The third-order valence-electron chi connectivity index (χ3n) is 5.95. The monoisotopic (exact) mass is 494 g/mol. The minimum Gasteiger partial charge on any atom is -0.326 e. The summed E-state index contributed by atoms with van der Waals surface area (Å²) < 4.78 is 58.5. The van der Waals surface area contributed by atoms with Gasteiger partial charge in [-0.15, -0.1) is 0 Å². The van der Waals surface area contributed by atoms with Crippen LogP contribution in [0, 0.1) is 11.2 Å². The zero-order valence-corrected chi connectivity index (χ0v) is 18.9. The van der Waals surface area contributed by atoms with Crippen molar-refractivity contribution in [1.29, 1.82) is 0 Å². The van der Waals surface area contributed by atoms with Gasteiger partial charge in [0.2, 0.25) is 5.54 Å². The molecule has 178 valence electrons. The highest BCUT2D eigenvalue weighted by Gasteiger charge is 2.72. The second-order valence-corrected chi connectivity index (χ2v) is 9.50. The molecule has 5 nitrogen and oxygen atoms in total. The van der Waals surface area contributed by atoms with Gasteiger partial charge >= 0.3 is 6.18 Å². The number of hydrogen-bond donors (Lipinski definition) is 1. The van der Waals surface area contributed by atoms with Gasteiger partial charge in [-0.1, -0.05) is 37.6 Å². The maximum absolute atomic E-state index is 14.8. The number of amides is 2. The molecule has 0 saturated carbocycles. The topological polar surface area (TPSA) is 66.5 Å². The van der Waals surface area contributed by atoms with E-state index in [0.717, 1.165) is 17.0 Å². The van der Waals surface area contributed by atoms with Gasteiger partial charge in [-0.25, -0.2) is 4.39 Å². The van der Waals surface area contributed by atoms with Crippen molar-refractivity contribution < 1.29 is 31.9 Å². The number of Topliss-reactive ketones (excluding diaryl/α,β-unsaturated/α-hetero) is 1. The van der Waals surface area contributed by atoms with E-state index in [1.54, 1.807) is 19.2 Å². The fourth-order valence-corrected chi connectivity index (χ4v) is 4.62. The predicted octanol–water partition coefficient (Wildman–Crippen LogP) is 5.20. The van der Waals surface area contributed by atoms with Crippen LogP contribution in [0.4, 0.5) is 23.2 Å². The lowest BCUT2D eigenvalue weighted by Gasteiger charge is -2.35. The Morgan fingerprint density at radius 2 is 1.65 bits per heavy atom. The number of carbonyl (C=O) groups excluding carboxylic acids is 3. The Morgan fingerprint density at radius 1 is 1.03 bits per heavy atom. The maximum atomic E-state index is 14.8. The number of nitrogens with one attached hydrogen (secondary N) is 1. The number of alkyl halides is 3. The highest BCUT2D eigenvalue weighted by molar-refractivity contribution is 6.30. The van der Waals surface area contributed by atoms with Crippen molar-refractivity contribution in [3.63, 3.8) is 0 Å². The van der Waals surface area contributed by atoms with E-state index in [1.165, 1.54) is 36.4 Å². The molecule has 0 saturated heterocycles. The van der Waals surface area contributed by atoms with Crippen LogP contribution in [0.3, 0.4) is 0 Å². The molecule has 2 aromatic rings. The summed E-state index contributed by atoms with van der Waals surface area (Å²) in [5.41, 5.74) is -6.04. The van der Waals surface area contributed by atoms with E-state index in [1.807, 2.05) is 0 Å². The molecule has 1 unspecified atom stereocenters. The van der Waals surface area contributed by atoms with E-state index in [9.17, 15) is 31.9 Å². The number of hydrogen-bond acceptors (Lipinski definition) is 3. The summed E-state index contributed by atoms with van der Waals surface area (Å²) in [7, 11) is 0. The molecule has 1 aliphatic heterocycles. The summed E-state index contributed by atoms with van der Waals surface area (Å²) in [5, 5.41) is 2.00. The Balaban J connectivity index is 1.95. The zero-order valence-electron chi connectivity index (χ0n) is 18.1. The molecule has 1 aliphatic carbocycles. The van der Waals surface area contributed by atoms with Crippen LogP contribution in [0.5, 0.6) is 0 Å². The van der Waals surface area contributed by atoms with Gasteiger partial charge in [-0.05, 0) is 48.2 Å². The summed E-state index contributed by atoms with van der Waals surface area (Å²) >= 11 is 5.90. The van der Waals surface area contributed by atoms with Crippen LogP contribution in [0.15, 0.2) is 59.8 Å². The van der Waals surface area contributed by atoms with Crippen molar-refractivity contribution in [2.24, 2.45) is 5.41 Å². The minimum absolute atomic E-state index is 0.0319. The lowest BCUT2D eigenvalue weighted by molar-refractivity contribution is -0.186. The zero-order chi connectivity index (χ0) is 25.1. The molecule has 1 N–H and O–H groups in total. The molecule has 1 heterocycles. The van der Waals surface area contributed by atoms with Crippen LogP contribution in [-0.4, -0.2) is 29.3 Å². The molecule has 2 aliphatic rings. The summed E-state index contributed by atoms with van der Waals surface area (Å²) in [5.74, 6) is -5.01. The van der Waals surface area contributed by atoms with Gasteiger partial charge in [0, 0.05) is 22.8 Å². The van der Waals surface area contributed by atoms with Crippen molar-refractivity contribution >= 4 is 34.9 Å². The number of allylic oxidation sites excluding steroid dienone is 1. The van der Waals surface area contributed by atoms with Crippen molar-refractivity contribution in [2.45, 2.75) is 38.4 Å². The molecular weight excluding hydrogens is 476 g/mol. The molecule has 0 bridgehead atoms. The number of carbonyl (C=O) groups is 3. The van der Waals surface area contributed by atoms with Gasteiger partial charge in [-0.2, -0.15) is 13.2 Å². The number of benzene rings is 2. The van der Waals surface area contributed by atoms with Gasteiger partial charge in [-0.3, -0.25) is 19.3 Å². The average molecular weight is 495 g/mol. The molecule has 10 heteroatoms. The maximum Gasteiger partial charge on any atom is 0.425 e. The van der Waals surface area contributed by atoms with E-state index in [0.29, 0.717) is 5.02 Å². The first-order valence-electron chi connectivity index (χ1n) is 10.3. The molecule has 34 heavy (non-hydrogen) atoms. The highest BCUT2D eigenvalue weighted by atomic mass is 35.5. The first kappa shape index (κ1) is 23.9. The third kappa shape index (κ3) is 3.68. The molecule has 0 fully saturated rings.